The third-order valence-corrected chi connectivity index (χ3v) is 10.1. The van der Waals surface area contributed by atoms with Crippen LogP contribution in [0.15, 0.2) is 11.6 Å². The maximum atomic E-state index is 13.3. The smallest absolute Gasteiger partial charge is 0.138 e. The van der Waals surface area contributed by atoms with Gasteiger partial charge in [-0.1, -0.05) is 75.9 Å². The minimum atomic E-state index is 0.331. The predicted molar refractivity (Wildman–Crippen MR) is 137 cm³/mol. The Morgan fingerprint density at radius 2 is 1.39 bits per heavy atom. The number of rotatable bonds is 0. The second kappa shape index (κ2) is 11.8. The summed E-state index contributed by atoms with van der Waals surface area (Å²) in [7, 11) is 0. The number of piperidine rings is 2. The second-order valence-electron chi connectivity index (χ2n) is 12.3. The molecule has 4 aliphatic heterocycles. The van der Waals surface area contributed by atoms with E-state index in [1.54, 1.807) is 5.57 Å². The summed E-state index contributed by atoms with van der Waals surface area (Å²) in [5.41, 5.74) is 1.76. The van der Waals surface area contributed by atoms with Gasteiger partial charge in [-0.3, -0.25) is 14.6 Å². The van der Waals surface area contributed by atoms with Crippen molar-refractivity contribution in [3.8, 4) is 0 Å². The summed E-state index contributed by atoms with van der Waals surface area (Å²) in [5.74, 6) is 3.20. The minimum absolute atomic E-state index is 0.331. The number of ketones is 1. The van der Waals surface area contributed by atoms with Crippen LogP contribution >= 0.6 is 0 Å². The van der Waals surface area contributed by atoms with E-state index in [-0.39, 0.29) is 0 Å². The maximum absolute atomic E-state index is 13.3. The number of hydrogen-bond acceptors (Lipinski definition) is 3. The van der Waals surface area contributed by atoms with Crippen molar-refractivity contribution in [2.45, 2.75) is 115 Å². The molecule has 0 spiro atoms. The van der Waals surface area contributed by atoms with Crippen molar-refractivity contribution in [3.05, 3.63) is 11.6 Å². The van der Waals surface area contributed by atoms with Gasteiger partial charge < -0.3 is 0 Å². The van der Waals surface area contributed by atoms with Crippen LogP contribution in [0, 0.1) is 23.7 Å². The molecular weight excluding hydrogens is 404 g/mol. The lowest BCUT2D eigenvalue weighted by atomic mass is 9.64. The zero-order valence-electron chi connectivity index (χ0n) is 21.3. The van der Waals surface area contributed by atoms with Crippen LogP contribution in [-0.4, -0.2) is 54.3 Å². The van der Waals surface area contributed by atoms with Gasteiger partial charge in [0, 0.05) is 38.0 Å². The molecule has 0 saturated carbocycles. The number of carbonyl (C=O) groups excluding carboxylic acids is 1. The van der Waals surface area contributed by atoms with Gasteiger partial charge in [0.05, 0.1) is 0 Å². The molecule has 6 atom stereocenters. The predicted octanol–water partition coefficient (Wildman–Crippen LogP) is 6.62. The summed E-state index contributed by atoms with van der Waals surface area (Å²) < 4.78 is 0. The zero-order chi connectivity index (χ0) is 22.5. The van der Waals surface area contributed by atoms with E-state index < -0.39 is 0 Å². The van der Waals surface area contributed by atoms with E-state index in [1.807, 2.05) is 0 Å². The molecular formula is C30H50N2O. The summed E-state index contributed by atoms with van der Waals surface area (Å²) >= 11 is 0. The SMILES string of the molecule is O=C1CCN2CC[C@@H]3C4C=C5CCCCCC[C@H]1[C@@H]2[C@@H]3CCCCCCCCCCN(C5)C4. The summed E-state index contributed by atoms with van der Waals surface area (Å²) in [6, 6.07) is 0.550. The van der Waals surface area contributed by atoms with E-state index in [0.717, 1.165) is 30.7 Å². The van der Waals surface area contributed by atoms with Gasteiger partial charge in [0.15, 0.2) is 0 Å². The second-order valence-corrected chi connectivity index (χ2v) is 12.3. The maximum Gasteiger partial charge on any atom is 0.138 e. The highest BCUT2D eigenvalue weighted by molar-refractivity contribution is 5.82. The van der Waals surface area contributed by atoms with Crippen molar-refractivity contribution in [2.24, 2.45) is 23.7 Å². The molecule has 33 heavy (non-hydrogen) atoms. The van der Waals surface area contributed by atoms with Gasteiger partial charge in [0.1, 0.15) is 5.78 Å². The molecule has 5 aliphatic rings. The van der Waals surface area contributed by atoms with Crippen LogP contribution in [0.1, 0.15) is 109 Å². The van der Waals surface area contributed by atoms with Crippen molar-refractivity contribution in [2.75, 3.05) is 32.7 Å². The van der Waals surface area contributed by atoms with Crippen LogP contribution in [0.4, 0.5) is 0 Å². The molecule has 2 unspecified atom stereocenters. The summed E-state index contributed by atoms with van der Waals surface area (Å²) in [6.07, 6.45) is 25.5. The largest absolute Gasteiger partial charge is 0.299 e. The van der Waals surface area contributed by atoms with Gasteiger partial charge >= 0.3 is 0 Å². The monoisotopic (exact) mass is 454 g/mol. The number of nitrogens with zero attached hydrogens (tertiary/aromatic N) is 2. The van der Waals surface area contributed by atoms with Crippen LogP contribution in [0.25, 0.3) is 0 Å². The topological polar surface area (TPSA) is 23.6 Å². The fraction of sp³-hybridized carbons (Fsp3) is 0.900. The first-order valence-corrected chi connectivity index (χ1v) is 15.0. The Morgan fingerprint density at radius 1 is 0.667 bits per heavy atom. The molecule has 5 rings (SSSR count). The van der Waals surface area contributed by atoms with Gasteiger partial charge in [-0.2, -0.15) is 0 Å². The van der Waals surface area contributed by atoms with Gasteiger partial charge in [0.25, 0.3) is 0 Å². The van der Waals surface area contributed by atoms with Gasteiger partial charge in [-0.15, -0.1) is 0 Å². The van der Waals surface area contributed by atoms with Crippen LogP contribution in [0.3, 0.4) is 0 Å². The Hall–Kier alpha value is -0.670. The third kappa shape index (κ3) is 5.95. The minimum Gasteiger partial charge on any atom is -0.299 e. The van der Waals surface area contributed by atoms with Crippen molar-refractivity contribution in [1.29, 1.82) is 0 Å². The standard InChI is InChI=1S/C30H50N2O/c33-29-17-20-32-19-16-26-25-21-24-13-9-6-7-11-15-28(29)30(32)27(26)14-10-5-3-1-2-4-8-12-18-31(22-24)23-25/h21,25-28,30H,1-20,22-23H2/t25?,26-,27-,28-,30+/m1/s1. The van der Waals surface area contributed by atoms with Crippen LogP contribution in [-0.2, 0) is 4.79 Å². The van der Waals surface area contributed by atoms with E-state index >= 15 is 0 Å². The highest BCUT2D eigenvalue weighted by Gasteiger charge is 2.48. The summed E-state index contributed by atoms with van der Waals surface area (Å²) in [6.45, 7) is 6.12. The molecule has 3 heteroatoms. The van der Waals surface area contributed by atoms with Gasteiger partial charge in [-0.05, 0) is 69.4 Å². The molecule has 3 fully saturated rings. The van der Waals surface area contributed by atoms with Crippen LogP contribution in [0.2, 0.25) is 0 Å². The van der Waals surface area contributed by atoms with E-state index in [1.165, 1.54) is 129 Å². The normalized spacial score (nSPS) is 40.0. The molecule has 3 saturated heterocycles. The molecule has 0 aromatic rings. The molecule has 3 nitrogen and oxygen atoms in total. The number of fused-ring (bicyclic) bond motifs is 1. The van der Waals surface area contributed by atoms with Gasteiger partial charge in [0.2, 0.25) is 0 Å². The lowest BCUT2D eigenvalue weighted by molar-refractivity contribution is -0.135. The lowest BCUT2D eigenvalue weighted by Gasteiger charge is -2.53. The average Bonchev–Trinajstić information content (AvgIpc) is 2.82. The molecule has 0 amide bonds. The van der Waals surface area contributed by atoms with Crippen LogP contribution < -0.4 is 0 Å². The van der Waals surface area contributed by atoms with Crippen molar-refractivity contribution in [1.82, 2.24) is 9.80 Å². The molecule has 0 N–H and O–H groups in total. The van der Waals surface area contributed by atoms with Crippen molar-refractivity contribution in [3.63, 3.8) is 0 Å². The molecule has 186 valence electrons. The fourth-order valence-electron chi connectivity index (χ4n) is 8.39. The Kier molecular flexibility index (Phi) is 8.63. The molecule has 6 bridgehead atoms. The summed E-state index contributed by atoms with van der Waals surface area (Å²) in [5, 5.41) is 0. The first-order chi connectivity index (χ1) is 16.3. The van der Waals surface area contributed by atoms with E-state index in [0.29, 0.717) is 17.7 Å². The van der Waals surface area contributed by atoms with E-state index in [9.17, 15) is 4.79 Å². The van der Waals surface area contributed by atoms with E-state index in [2.05, 4.69) is 15.9 Å². The molecule has 4 heterocycles. The molecule has 0 aromatic carbocycles. The Balaban J connectivity index is 1.46. The fourth-order valence-corrected chi connectivity index (χ4v) is 8.39. The zero-order valence-corrected chi connectivity index (χ0v) is 21.3. The molecule has 0 aromatic heterocycles. The number of Topliss-reactive ketones (excluding diaryl/α,β-unsaturated/α-hetero) is 1. The molecule has 1 aliphatic carbocycles. The van der Waals surface area contributed by atoms with Crippen molar-refractivity contribution >= 4 is 5.78 Å². The Labute approximate surface area is 203 Å². The first kappa shape index (κ1) is 24.0. The third-order valence-electron chi connectivity index (χ3n) is 10.1. The Morgan fingerprint density at radius 3 is 2.24 bits per heavy atom. The number of hydrogen-bond donors (Lipinski definition) is 0. The quantitative estimate of drug-likeness (QED) is 0.384. The summed E-state index contributed by atoms with van der Waals surface area (Å²) in [4.78, 5) is 18.9. The van der Waals surface area contributed by atoms with E-state index in [4.69, 9.17) is 0 Å². The highest BCUT2D eigenvalue weighted by Crippen LogP contribution is 2.45. The lowest BCUT2D eigenvalue weighted by Crippen LogP contribution is -2.59. The average molecular weight is 455 g/mol. The molecule has 0 radical (unpaired) electrons. The van der Waals surface area contributed by atoms with Crippen molar-refractivity contribution < 1.29 is 4.79 Å². The van der Waals surface area contributed by atoms with Gasteiger partial charge in [-0.25, -0.2) is 0 Å². The number of carbonyl (C=O) groups is 1. The van der Waals surface area contributed by atoms with Crippen LogP contribution in [0.5, 0.6) is 0 Å². The highest BCUT2D eigenvalue weighted by atomic mass is 16.1. The Bertz CT molecular complexity index is 672. The first-order valence-electron chi connectivity index (χ1n) is 15.0.